The van der Waals surface area contributed by atoms with Crippen LogP contribution in [0, 0.1) is 5.41 Å². The largest absolute Gasteiger partial charge is 0.496 e. The average molecular weight is 414 g/mol. The molecule has 0 fully saturated rings. The predicted molar refractivity (Wildman–Crippen MR) is 121 cm³/mol. The minimum absolute atomic E-state index is 0.188. The summed E-state index contributed by atoms with van der Waals surface area (Å²) >= 11 is 0. The number of hydrogen-bond acceptors (Lipinski definition) is 5. The first-order valence-electron chi connectivity index (χ1n) is 10.4. The van der Waals surface area contributed by atoms with Gasteiger partial charge in [0.25, 0.3) is 0 Å². The third-order valence-corrected chi connectivity index (χ3v) is 5.13. The topological polar surface area (TPSA) is 81.8 Å². The SMILES string of the molecule is CC1Cc2c(N)cccc2O1.COc1cccc(CC(=O)C(C)(C)C)c1CC(C)O. The first-order chi connectivity index (χ1) is 14.0. The summed E-state index contributed by atoms with van der Waals surface area (Å²) in [5.41, 5.74) is 9.29. The summed E-state index contributed by atoms with van der Waals surface area (Å²) in [6, 6.07) is 11.5. The highest BCUT2D eigenvalue weighted by Crippen LogP contribution is 2.32. The molecule has 0 saturated carbocycles. The lowest BCUT2D eigenvalue weighted by Crippen LogP contribution is -2.23. The van der Waals surface area contributed by atoms with Crippen LogP contribution in [0.15, 0.2) is 36.4 Å². The van der Waals surface area contributed by atoms with Crippen LogP contribution >= 0.6 is 0 Å². The van der Waals surface area contributed by atoms with Crippen molar-refractivity contribution in [3.63, 3.8) is 0 Å². The van der Waals surface area contributed by atoms with Gasteiger partial charge >= 0.3 is 0 Å². The first kappa shape index (κ1) is 23.7. The van der Waals surface area contributed by atoms with E-state index in [4.69, 9.17) is 15.2 Å². The Hall–Kier alpha value is -2.53. The number of aliphatic hydroxyl groups excluding tert-OH is 1. The number of aliphatic hydroxyl groups is 1. The molecule has 0 aliphatic carbocycles. The van der Waals surface area contributed by atoms with E-state index >= 15 is 0 Å². The summed E-state index contributed by atoms with van der Waals surface area (Å²) in [5, 5.41) is 9.60. The molecule has 0 spiro atoms. The van der Waals surface area contributed by atoms with Crippen LogP contribution in [0.3, 0.4) is 0 Å². The Morgan fingerprint density at radius 2 is 1.93 bits per heavy atom. The second-order valence-electron chi connectivity index (χ2n) is 8.96. The Morgan fingerprint density at radius 3 is 2.50 bits per heavy atom. The summed E-state index contributed by atoms with van der Waals surface area (Å²) in [5.74, 6) is 1.88. The van der Waals surface area contributed by atoms with Crippen LogP contribution in [0.1, 0.15) is 51.3 Å². The molecule has 0 amide bonds. The fourth-order valence-electron chi connectivity index (χ4n) is 3.39. The fraction of sp³-hybridized carbons (Fsp3) is 0.480. The van der Waals surface area contributed by atoms with Gasteiger partial charge in [-0.1, -0.05) is 39.0 Å². The number of carbonyl (C=O) groups is 1. The molecule has 2 unspecified atom stereocenters. The lowest BCUT2D eigenvalue weighted by atomic mass is 9.85. The van der Waals surface area contributed by atoms with Crippen molar-refractivity contribution in [2.45, 2.75) is 66.1 Å². The van der Waals surface area contributed by atoms with Gasteiger partial charge in [-0.3, -0.25) is 4.79 Å². The van der Waals surface area contributed by atoms with E-state index in [1.165, 1.54) is 5.56 Å². The van der Waals surface area contributed by atoms with Gasteiger partial charge in [0.05, 0.1) is 13.2 Å². The molecular weight excluding hydrogens is 378 g/mol. The van der Waals surface area contributed by atoms with Gasteiger partial charge in [0.1, 0.15) is 23.4 Å². The Bertz CT molecular complexity index is 868. The number of ether oxygens (including phenoxy) is 2. The number of nitrogens with two attached hydrogens (primary N) is 1. The van der Waals surface area contributed by atoms with Crippen molar-refractivity contribution in [3.8, 4) is 11.5 Å². The number of rotatable bonds is 5. The minimum Gasteiger partial charge on any atom is -0.496 e. The van der Waals surface area contributed by atoms with Gasteiger partial charge in [0.15, 0.2) is 0 Å². The minimum atomic E-state index is -0.459. The monoisotopic (exact) mass is 413 g/mol. The Labute approximate surface area is 180 Å². The molecule has 0 radical (unpaired) electrons. The zero-order valence-electron chi connectivity index (χ0n) is 19.0. The van der Waals surface area contributed by atoms with Gasteiger partial charge in [-0.05, 0) is 37.6 Å². The number of benzene rings is 2. The standard InChI is InChI=1S/C16H24O3.C9H11NO/c1-11(17)9-13-12(7-6-8-14(13)19-5)10-15(18)16(2,3)4;1-6-5-7-8(10)3-2-4-9(7)11-6/h6-8,11,17H,9-10H2,1-5H3;2-4,6H,5,10H2,1H3. The number of methoxy groups -OCH3 is 1. The summed E-state index contributed by atoms with van der Waals surface area (Å²) < 4.78 is 10.8. The van der Waals surface area contributed by atoms with Gasteiger partial charge in [-0.25, -0.2) is 0 Å². The van der Waals surface area contributed by atoms with Gasteiger partial charge in [0.2, 0.25) is 0 Å². The highest BCUT2D eigenvalue weighted by Gasteiger charge is 2.23. The summed E-state index contributed by atoms with van der Waals surface area (Å²) in [6.07, 6.45) is 1.65. The van der Waals surface area contributed by atoms with Gasteiger partial charge in [0, 0.05) is 41.5 Å². The summed E-state index contributed by atoms with van der Waals surface area (Å²) in [4.78, 5) is 12.2. The van der Waals surface area contributed by atoms with E-state index in [1.54, 1.807) is 14.0 Å². The molecule has 3 N–H and O–H groups in total. The molecule has 5 nitrogen and oxygen atoms in total. The van der Waals surface area contributed by atoms with Crippen LogP contribution in [0.2, 0.25) is 0 Å². The number of nitrogen functional groups attached to an aromatic ring is 1. The number of anilines is 1. The number of ketones is 1. The maximum atomic E-state index is 12.2. The van der Waals surface area contributed by atoms with E-state index in [2.05, 4.69) is 6.92 Å². The van der Waals surface area contributed by atoms with Crippen molar-refractivity contribution in [2.75, 3.05) is 12.8 Å². The van der Waals surface area contributed by atoms with E-state index < -0.39 is 6.10 Å². The van der Waals surface area contributed by atoms with Gasteiger partial charge in [-0.15, -0.1) is 0 Å². The fourth-order valence-corrected chi connectivity index (χ4v) is 3.39. The van der Waals surface area contributed by atoms with E-state index in [-0.39, 0.29) is 17.3 Å². The molecule has 164 valence electrons. The van der Waals surface area contributed by atoms with Crippen LogP contribution < -0.4 is 15.2 Å². The molecule has 5 heteroatoms. The van der Waals surface area contributed by atoms with Crippen LogP contribution in [-0.4, -0.2) is 30.2 Å². The number of hydrogen-bond donors (Lipinski definition) is 2. The zero-order valence-corrected chi connectivity index (χ0v) is 19.0. The smallest absolute Gasteiger partial charge is 0.142 e. The first-order valence-corrected chi connectivity index (χ1v) is 10.4. The quantitative estimate of drug-likeness (QED) is 0.712. The molecule has 0 saturated heterocycles. The molecule has 1 heterocycles. The molecule has 2 atom stereocenters. The van der Waals surface area contributed by atoms with Crippen molar-refractivity contribution in [1.82, 2.24) is 0 Å². The van der Waals surface area contributed by atoms with Crippen molar-refractivity contribution < 1.29 is 19.4 Å². The van der Waals surface area contributed by atoms with Crippen molar-refractivity contribution in [2.24, 2.45) is 5.41 Å². The lowest BCUT2D eigenvalue weighted by Gasteiger charge is -2.19. The number of carbonyl (C=O) groups excluding carboxylic acids is 1. The summed E-state index contributed by atoms with van der Waals surface area (Å²) in [7, 11) is 1.61. The van der Waals surface area contributed by atoms with Crippen molar-refractivity contribution in [1.29, 1.82) is 0 Å². The molecule has 0 aromatic heterocycles. The second-order valence-corrected chi connectivity index (χ2v) is 8.96. The normalized spacial score (nSPS) is 16.0. The number of Topliss-reactive ketones (excluding diaryl/α,β-unsaturated/α-hetero) is 1. The average Bonchev–Trinajstić information content (AvgIpc) is 3.04. The van der Waals surface area contributed by atoms with E-state index in [9.17, 15) is 9.90 Å². The Balaban J connectivity index is 0.000000244. The lowest BCUT2D eigenvalue weighted by molar-refractivity contribution is -0.125. The zero-order chi connectivity index (χ0) is 22.5. The predicted octanol–water partition coefficient (Wildman–Crippen LogP) is 4.37. The van der Waals surface area contributed by atoms with E-state index in [0.717, 1.165) is 34.7 Å². The van der Waals surface area contributed by atoms with Crippen molar-refractivity contribution >= 4 is 11.5 Å². The molecule has 2 aromatic rings. The van der Waals surface area contributed by atoms with E-state index in [0.29, 0.717) is 12.8 Å². The highest BCUT2D eigenvalue weighted by atomic mass is 16.5. The maximum Gasteiger partial charge on any atom is 0.142 e. The highest BCUT2D eigenvalue weighted by molar-refractivity contribution is 5.86. The molecule has 1 aliphatic rings. The molecular formula is C25H35NO4. The van der Waals surface area contributed by atoms with E-state index in [1.807, 2.05) is 57.2 Å². The molecule has 3 rings (SSSR count). The maximum absolute atomic E-state index is 12.2. The molecule has 2 aromatic carbocycles. The Kier molecular flexibility index (Phi) is 7.90. The van der Waals surface area contributed by atoms with Crippen LogP contribution in [-0.2, 0) is 24.1 Å². The molecule has 30 heavy (non-hydrogen) atoms. The summed E-state index contributed by atoms with van der Waals surface area (Å²) in [6.45, 7) is 9.55. The number of fused-ring (bicyclic) bond motifs is 1. The Morgan fingerprint density at radius 1 is 1.27 bits per heavy atom. The van der Waals surface area contributed by atoms with Crippen LogP contribution in [0.25, 0.3) is 0 Å². The van der Waals surface area contributed by atoms with Crippen LogP contribution in [0.4, 0.5) is 5.69 Å². The van der Waals surface area contributed by atoms with Gasteiger partial charge in [-0.2, -0.15) is 0 Å². The van der Waals surface area contributed by atoms with Crippen LogP contribution in [0.5, 0.6) is 11.5 Å². The van der Waals surface area contributed by atoms with Crippen molar-refractivity contribution in [3.05, 3.63) is 53.1 Å². The third-order valence-electron chi connectivity index (χ3n) is 5.13. The van der Waals surface area contributed by atoms with Gasteiger partial charge < -0.3 is 20.3 Å². The third kappa shape index (κ3) is 6.23. The molecule has 1 aliphatic heterocycles. The molecule has 0 bridgehead atoms. The second kappa shape index (κ2) is 9.98.